The van der Waals surface area contributed by atoms with Crippen molar-refractivity contribution in [1.82, 2.24) is 14.3 Å². The summed E-state index contributed by atoms with van der Waals surface area (Å²) in [6, 6.07) is 3.49. The second-order valence-electron chi connectivity index (χ2n) is 3.03. The van der Waals surface area contributed by atoms with Crippen LogP contribution in [0, 0.1) is 0 Å². The van der Waals surface area contributed by atoms with Crippen LogP contribution in [0.4, 0.5) is 5.69 Å². The van der Waals surface area contributed by atoms with E-state index >= 15 is 0 Å². The number of hydrogen-bond donors (Lipinski definition) is 1. The summed E-state index contributed by atoms with van der Waals surface area (Å²) in [6.07, 6.45) is 4.81. The third-order valence-corrected chi connectivity index (χ3v) is 1.95. The van der Waals surface area contributed by atoms with Crippen molar-refractivity contribution in [3.8, 4) is 5.69 Å². The Morgan fingerprint density at radius 1 is 1.50 bits per heavy atom. The highest BCUT2D eigenvalue weighted by Gasteiger charge is 2.03. The third kappa shape index (κ3) is 1.28. The van der Waals surface area contributed by atoms with Crippen molar-refractivity contribution in [2.45, 2.75) is 0 Å². The number of nitrogen functional groups attached to an aromatic ring is 1. The molecule has 0 atom stereocenters. The Hall–Kier alpha value is -2.04. The molecule has 2 heterocycles. The molecular weight excluding hydrogens is 180 g/mol. The Morgan fingerprint density at radius 2 is 2.29 bits per heavy atom. The van der Waals surface area contributed by atoms with Gasteiger partial charge >= 0.3 is 0 Å². The normalized spacial score (nSPS) is 10.4. The highest BCUT2D eigenvalue weighted by atomic mass is 16.1. The van der Waals surface area contributed by atoms with Crippen LogP contribution in [-0.4, -0.2) is 14.3 Å². The number of aromatic nitrogens is 3. The van der Waals surface area contributed by atoms with Crippen LogP contribution < -0.4 is 11.3 Å². The second kappa shape index (κ2) is 3.02. The van der Waals surface area contributed by atoms with Gasteiger partial charge in [0.25, 0.3) is 5.56 Å². The number of anilines is 1. The first-order valence-corrected chi connectivity index (χ1v) is 4.14. The van der Waals surface area contributed by atoms with Gasteiger partial charge < -0.3 is 10.3 Å². The molecule has 0 aliphatic carbocycles. The van der Waals surface area contributed by atoms with Crippen molar-refractivity contribution in [1.29, 1.82) is 0 Å². The fraction of sp³-hybridized carbons (Fsp3) is 0.111. The maximum atomic E-state index is 11.6. The minimum absolute atomic E-state index is 0.101. The quantitative estimate of drug-likeness (QED) is 0.696. The molecule has 0 aliphatic rings. The number of pyridine rings is 1. The van der Waals surface area contributed by atoms with E-state index in [1.807, 2.05) is 0 Å². The molecule has 5 heteroatoms. The zero-order valence-corrected chi connectivity index (χ0v) is 7.71. The fourth-order valence-corrected chi connectivity index (χ4v) is 1.23. The van der Waals surface area contributed by atoms with Gasteiger partial charge in [0.1, 0.15) is 5.69 Å². The zero-order valence-electron chi connectivity index (χ0n) is 7.71. The highest BCUT2D eigenvalue weighted by molar-refractivity contribution is 5.36. The predicted octanol–water partition coefficient (Wildman–Crippen LogP) is 0.153. The number of aryl methyl sites for hydroxylation is 1. The SMILES string of the molecule is Cn1cccc(-n2cc(N)cn2)c1=O. The van der Waals surface area contributed by atoms with Crippen molar-refractivity contribution in [2.24, 2.45) is 7.05 Å². The van der Waals surface area contributed by atoms with E-state index in [1.54, 1.807) is 31.6 Å². The van der Waals surface area contributed by atoms with Gasteiger partial charge in [-0.3, -0.25) is 4.79 Å². The van der Waals surface area contributed by atoms with Crippen molar-refractivity contribution >= 4 is 5.69 Å². The van der Waals surface area contributed by atoms with Gasteiger partial charge in [0.05, 0.1) is 18.1 Å². The molecule has 2 aromatic rings. The van der Waals surface area contributed by atoms with Crippen LogP contribution in [0.1, 0.15) is 0 Å². The summed E-state index contributed by atoms with van der Waals surface area (Å²) in [5, 5.41) is 3.97. The molecule has 2 N–H and O–H groups in total. The van der Waals surface area contributed by atoms with E-state index in [-0.39, 0.29) is 5.56 Å². The number of nitrogens with zero attached hydrogens (tertiary/aromatic N) is 3. The van der Waals surface area contributed by atoms with Crippen LogP contribution in [0.2, 0.25) is 0 Å². The smallest absolute Gasteiger partial charge is 0.276 e. The molecule has 0 saturated carbocycles. The summed E-state index contributed by atoms with van der Waals surface area (Å²) in [7, 11) is 1.69. The molecule has 0 saturated heterocycles. The molecule has 0 amide bonds. The Bertz CT molecular complexity index is 512. The van der Waals surface area contributed by atoms with E-state index in [0.717, 1.165) is 0 Å². The Labute approximate surface area is 80.4 Å². The monoisotopic (exact) mass is 190 g/mol. The standard InChI is InChI=1S/C9H10N4O/c1-12-4-2-3-8(9(12)14)13-6-7(10)5-11-13/h2-6H,10H2,1H3. The van der Waals surface area contributed by atoms with Gasteiger partial charge in [-0.25, -0.2) is 4.68 Å². The number of nitrogens with two attached hydrogens (primary N) is 1. The lowest BCUT2D eigenvalue weighted by Crippen LogP contribution is -2.21. The molecule has 0 aliphatic heterocycles. The molecule has 5 nitrogen and oxygen atoms in total. The molecule has 0 bridgehead atoms. The summed E-state index contributed by atoms with van der Waals surface area (Å²) in [4.78, 5) is 11.6. The molecule has 2 aromatic heterocycles. The molecule has 0 radical (unpaired) electrons. The lowest BCUT2D eigenvalue weighted by atomic mass is 10.4. The molecule has 14 heavy (non-hydrogen) atoms. The number of rotatable bonds is 1. The third-order valence-electron chi connectivity index (χ3n) is 1.95. The first-order valence-electron chi connectivity index (χ1n) is 4.14. The minimum Gasteiger partial charge on any atom is -0.396 e. The molecule has 0 fully saturated rings. The summed E-state index contributed by atoms with van der Waals surface area (Å²) >= 11 is 0. The molecule has 2 rings (SSSR count). The Morgan fingerprint density at radius 3 is 2.93 bits per heavy atom. The molecule has 0 spiro atoms. The van der Waals surface area contributed by atoms with Gasteiger partial charge in [-0.05, 0) is 12.1 Å². The average Bonchev–Trinajstić information content (AvgIpc) is 2.57. The van der Waals surface area contributed by atoms with E-state index in [4.69, 9.17) is 5.73 Å². The van der Waals surface area contributed by atoms with E-state index < -0.39 is 0 Å². The van der Waals surface area contributed by atoms with Gasteiger partial charge in [0, 0.05) is 13.2 Å². The van der Waals surface area contributed by atoms with Crippen LogP contribution in [-0.2, 0) is 7.05 Å². The summed E-state index contributed by atoms with van der Waals surface area (Å²) < 4.78 is 2.96. The molecule has 0 aromatic carbocycles. The largest absolute Gasteiger partial charge is 0.396 e. The first kappa shape index (κ1) is 8.55. The summed E-state index contributed by atoms with van der Waals surface area (Å²) in [5.74, 6) is 0. The van der Waals surface area contributed by atoms with Crippen LogP contribution >= 0.6 is 0 Å². The molecular formula is C9H10N4O. The van der Waals surface area contributed by atoms with Crippen LogP contribution in [0.3, 0.4) is 0 Å². The van der Waals surface area contributed by atoms with E-state index in [2.05, 4.69) is 5.10 Å². The van der Waals surface area contributed by atoms with Gasteiger partial charge in [0.2, 0.25) is 0 Å². The second-order valence-corrected chi connectivity index (χ2v) is 3.03. The first-order chi connectivity index (χ1) is 6.68. The zero-order chi connectivity index (χ0) is 10.1. The van der Waals surface area contributed by atoms with Gasteiger partial charge in [-0.2, -0.15) is 5.10 Å². The lowest BCUT2D eigenvalue weighted by molar-refractivity contribution is 0.800. The molecule has 72 valence electrons. The maximum absolute atomic E-state index is 11.6. The van der Waals surface area contributed by atoms with Crippen molar-refractivity contribution in [3.05, 3.63) is 41.1 Å². The van der Waals surface area contributed by atoms with Crippen molar-refractivity contribution in [3.63, 3.8) is 0 Å². The van der Waals surface area contributed by atoms with E-state index in [1.165, 1.54) is 15.4 Å². The van der Waals surface area contributed by atoms with E-state index in [0.29, 0.717) is 11.4 Å². The van der Waals surface area contributed by atoms with Crippen LogP contribution in [0.25, 0.3) is 5.69 Å². The van der Waals surface area contributed by atoms with Crippen molar-refractivity contribution in [2.75, 3.05) is 5.73 Å². The Balaban J connectivity index is 2.63. The maximum Gasteiger partial charge on any atom is 0.276 e. The Kier molecular flexibility index (Phi) is 1.85. The van der Waals surface area contributed by atoms with Crippen molar-refractivity contribution < 1.29 is 0 Å². The van der Waals surface area contributed by atoms with Gasteiger partial charge in [-0.1, -0.05) is 0 Å². The van der Waals surface area contributed by atoms with Crippen LogP contribution in [0.15, 0.2) is 35.5 Å². The summed E-state index contributed by atoms with van der Waals surface area (Å²) in [6.45, 7) is 0. The average molecular weight is 190 g/mol. The van der Waals surface area contributed by atoms with E-state index in [9.17, 15) is 4.79 Å². The van der Waals surface area contributed by atoms with Gasteiger partial charge in [0.15, 0.2) is 0 Å². The molecule has 0 unspecified atom stereocenters. The minimum atomic E-state index is -0.101. The lowest BCUT2D eigenvalue weighted by Gasteiger charge is -2.01. The highest BCUT2D eigenvalue weighted by Crippen LogP contribution is 2.03. The predicted molar refractivity (Wildman–Crippen MR) is 53.2 cm³/mol. The van der Waals surface area contributed by atoms with Crippen LogP contribution in [0.5, 0.6) is 0 Å². The van der Waals surface area contributed by atoms with Gasteiger partial charge in [-0.15, -0.1) is 0 Å². The topological polar surface area (TPSA) is 65.8 Å². The fourth-order valence-electron chi connectivity index (χ4n) is 1.23. The number of hydrogen-bond acceptors (Lipinski definition) is 3. The summed E-state index contributed by atoms with van der Waals surface area (Å²) in [5.41, 5.74) is 6.44.